The van der Waals surface area contributed by atoms with Crippen molar-refractivity contribution in [1.82, 2.24) is 9.97 Å². The first-order chi connectivity index (χ1) is 12.7. The largest absolute Gasteiger partial charge is 0.493 e. The molecule has 0 aliphatic carbocycles. The summed E-state index contributed by atoms with van der Waals surface area (Å²) in [4.78, 5) is 11.5. The van der Waals surface area contributed by atoms with Gasteiger partial charge in [0, 0.05) is 24.0 Å². The number of aromatic nitrogens is 2. The van der Waals surface area contributed by atoms with Crippen molar-refractivity contribution in [2.24, 2.45) is 0 Å². The highest BCUT2D eigenvalue weighted by molar-refractivity contribution is 7.17. The molecular formula is C18H21N3O4S. The van der Waals surface area contributed by atoms with Crippen LogP contribution >= 0.6 is 11.3 Å². The molecule has 0 saturated heterocycles. The van der Waals surface area contributed by atoms with Crippen molar-refractivity contribution >= 4 is 27.4 Å². The number of hydrogen-bond donors (Lipinski definition) is 2. The molecule has 0 bridgehead atoms. The van der Waals surface area contributed by atoms with Crippen molar-refractivity contribution in [3.05, 3.63) is 29.9 Å². The van der Waals surface area contributed by atoms with E-state index < -0.39 is 0 Å². The number of nitrogens with zero attached hydrogens (tertiary/aromatic N) is 3. The lowest BCUT2D eigenvalue weighted by Crippen LogP contribution is -2.30. The minimum Gasteiger partial charge on any atom is -0.493 e. The van der Waals surface area contributed by atoms with Crippen LogP contribution in [0.15, 0.2) is 29.9 Å². The normalized spacial score (nSPS) is 10.9. The third-order valence-electron chi connectivity index (χ3n) is 4.08. The van der Waals surface area contributed by atoms with Gasteiger partial charge in [-0.1, -0.05) is 6.07 Å². The Labute approximate surface area is 155 Å². The molecule has 0 fully saturated rings. The third-order valence-corrected chi connectivity index (χ3v) is 4.97. The Hall–Kier alpha value is -2.42. The Balaban J connectivity index is 2.16. The van der Waals surface area contributed by atoms with Crippen LogP contribution in [0.25, 0.3) is 21.3 Å². The number of ether oxygens (including phenoxy) is 2. The summed E-state index contributed by atoms with van der Waals surface area (Å²) in [6, 6.07) is 5.74. The standard InChI is InChI=1S/C18H21N3O4S/c1-24-14-4-3-12(9-15(14)25-2)13-10-26-18-16(13)17(19-11-20-18)21(5-7-22)6-8-23/h3-4,9-11,22-23H,5-8H2,1-2H3. The van der Waals surface area contributed by atoms with Crippen molar-refractivity contribution in [1.29, 1.82) is 0 Å². The molecule has 2 aromatic heterocycles. The zero-order valence-corrected chi connectivity index (χ0v) is 15.5. The van der Waals surface area contributed by atoms with Crippen molar-refractivity contribution in [3.63, 3.8) is 0 Å². The van der Waals surface area contributed by atoms with Crippen LogP contribution in [0.1, 0.15) is 0 Å². The van der Waals surface area contributed by atoms with Gasteiger partial charge < -0.3 is 24.6 Å². The van der Waals surface area contributed by atoms with Gasteiger partial charge in [-0.2, -0.15) is 0 Å². The van der Waals surface area contributed by atoms with Crippen molar-refractivity contribution < 1.29 is 19.7 Å². The monoisotopic (exact) mass is 375 g/mol. The number of anilines is 1. The topological polar surface area (TPSA) is 87.9 Å². The number of thiophene rings is 1. The van der Waals surface area contributed by atoms with Crippen molar-refractivity contribution in [2.45, 2.75) is 0 Å². The molecule has 0 spiro atoms. The van der Waals surface area contributed by atoms with Gasteiger partial charge in [0.05, 0.1) is 32.8 Å². The Morgan fingerprint density at radius 2 is 1.77 bits per heavy atom. The average molecular weight is 375 g/mol. The second-order valence-electron chi connectivity index (χ2n) is 5.53. The molecule has 0 radical (unpaired) electrons. The summed E-state index contributed by atoms with van der Waals surface area (Å²) >= 11 is 1.53. The lowest BCUT2D eigenvalue weighted by Gasteiger charge is -2.22. The van der Waals surface area contributed by atoms with Crippen molar-refractivity contribution in [3.8, 4) is 22.6 Å². The maximum Gasteiger partial charge on any atom is 0.161 e. The van der Waals surface area contributed by atoms with E-state index in [1.807, 2.05) is 28.5 Å². The molecule has 3 aromatic rings. The molecule has 0 aliphatic rings. The quantitative estimate of drug-likeness (QED) is 0.624. The molecule has 138 valence electrons. The fourth-order valence-corrected chi connectivity index (χ4v) is 3.79. The summed E-state index contributed by atoms with van der Waals surface area (Å²) in [6.07, 6.45) is 1.51. The Bertz CT molecular complexity index is 878. The molecule has 7 nitrogen and oxygen atoms in total. The third kappa shape index (κ3) is 3.44. The number of aliphatic hydroxyl groups is 2. The highest BCUT2D eigenvalue weighted by Crippen LogP contribution is 2.40. The fraction of sp³-hybridized carbons (Fsp3) is 0.333. The maximum absolute atomic E-state index is 9.37. The van der Waals surface area contributed by atoms with Gasteiger partial charge in [-0.15, -0.1) is 11.3 Å². The first-order valence-electron chi connectivity index (χ1n) is 8.14. The number of fused-ring (bicyclic) bond motifs is 1. The minimum absolute atomic E-state index is 0.0265. The van der Waals surface area contributed by atoms with Crippen LogP contribution < -0.4 is 14.4 Å². The van der Waals surface area contributed by atoms with E-state index in [9.17, 15) is 10.2 Å². The van der Waals surface area contributed by atoms with E-state index in [1.54, 1.807) is 14.2 Å². The zero-order chi connectivity index (χ0) is 18.5. The van der Waals surface area contributed by atoms with E-state index >= 15 is 0 Å². The van der Waals surface area contributed by atoms with Gasteiger partial charge in [-0.25, -0.2) is 9.97 Å². The molecule has 1 aromatic carbocycles. The van der Waals surface area contributed by atoms with E-state index in [-0.39, 0.29) is 13.2 Å². The maximum atomic E-state index is 9.37. The Morgan fingerprint density at radius 3 is 2.42 bits per heavy atom. The molecule has 2 N–H and O–H groups in total. The summed E-state index contributed by atoms with van der Waals surface area (Å²) in [5, 5.41) is 21.7. The van der Waals surface area contributed by atoms with Gasteiger partial charge >= 0.3 is 0 Å². The SMILES string of the molecule is COc1ccc(-c2csc3ncnc(N(CCO)CCO)c23)cc1OC. The van der Waals surface area contributed by atoms with Gasteiger partial charge in [0.25, 0.3) is 0 Å². The fourth-order valence-electron chi connectivity index (χ4n) is 2.88. The van der Waals surface area contributed by atoms with Crippen LogP contribution in [0.5, 0.6) is 11.5 Å². The highest BCUT2D eigenvalue weighted by Gasteiger charge is 2.18. The van der Waals surface area contributed by atoms with Crippen molar-refractivity contribution in [2.75, 3.05) is 45.4 Å². The smallest absolute Gasteiger partial charge is 0.161 e. The van der Waals surface area contributed by atoms with Crippen LogP contribution in [0, 0.1) is 0 Å². The van der Waals surface area contributed by atoms with E-state index in [1.165, 1.54) is 17.7 Å². The molecule has 0 aliphatic heterocycles. The number of aliphatic hydroxyl groups excluding tert-OH is 2. The lowest BCUT2D eigenvalue weighted by atomic mass is 10.0. The second kappa shape index (κ2) is 8.31. The van der Waals surface area contributed by atoms with Crippen LogP contribution in [-0.2, 0) is 0 Å². The Morgan fingerprint density at radius 1 is 1.04 bits per heavy atom. The van der Waals surface area contributed by atoms with Crippen LogP contribution in [0.2, 0.25) is 0 Å². The van der Waals surface area contributed by atoms with Crippen LogP contribution in [0.3, 0.4) is 0 Å². The van der Waals surface area contributed by atoms with Gasteiger partial charge in [0.1, 0.15) is 17.0 Å². The van der Waals surface area contributed by atoms with E-state index in [0.29, 0.717) is 30.4 Å². The highest BCUT2D eigenvalue weighted by atomic mass is 32.1. The summed E-state index contributed by atoms with van der Waals surface area (Å²) in [5.41, 5.74) is 1.93. The Kier molecular flexibility index (Phi) is 5.87. The summed E-state index contributed by atoms with van der Waals surface area (Å²) in [7, 11) is 3.21. The predicted octanol–water partition coefficient (Wildman–Crippen LogP) is 2.17. The van der Waals surface area contributed by atoms with Gasteiger partial charge in [0.15, 0.2) is 11.5 Å². The summed E-state index contributed by atoms with van der Waals surface area (Å²) in [6.45, 7) is 0.713. The summed E-state index contributed by atoms with van der Waals surface area (Å²) in [5.74, 6) is 2.00. The number of methoxy groups -OCH3 is 2. The van der Waals surface area contributed by atoms with Gasteiger partial charge in [-0.05, 0) is 17.7 Å². The van der Waals surface area contributed by atoms with E-state index in [4.69, 9.17) is 9.47 Å². The van der Waals surface area contributed by atoms with Crippen LogP contribution in [-0.4, -0.2) is 60.7 Å². The van der Waals surface area contributed by atoms with Gasteiger partial charge in [0.2, 0.25) is 0 Å². The number of rotatable bonds is 8. The van der Waals surface area contributed by atoms with E-state index in [2.05, 4.69) is 9.97 Å². The molecule has 8 heteroatoms. The van der Waals surface area contributed by atoms with Crippen LogP contribution in [0.4, 0.5) is 5.82 Å². The van der Waals surface area contributed by atoms with E-state index in [0.717, 1.165) is 21.3 Å². The number of benzene rings is 1. The first kappa shape index (κ1) is 18.4. The number of hydrogen-bond acceptors (Lipinski definition) is 8. The molecule has 26 heavy (non-hydrogen) atoms. The molecule has 0 saturated carbocycles. The average Bonchev–Trinajstić information content (AvgIpc) is 3.11. The molecular weight excluding hydrogens is 354 g/mol. The second-order valence-corrected chi connectivity index (χ2v) is 6.39. The summed E-state index contributed by atoms with van der Waals surface area (Å²) < 4.78 is 10.7. The minimum atomic E-state index is -0.0265. The van der Waals surface area contributed by atoms with Gasteiger partial charge in [-0.3, -0.25) is 0 Å². The first-order valence-corrected chi connectivity index (χ1v) is 9.02. The molecule has 0 amide bonds. The molecule has 0 unspecified atom stereocenters. The molecule has 3 rings (SSSR count). The zero-order valence-electron chi connectivity index (χ0n) is 14.7. The molecule has 2 heterocycles. The predicted molar refractivity (Wildman–Crippen MR) is 102 cm³/mol. The molecule has 0 atom stereocenters. The lowest BCUT2D eigenvalue weighted by molar-refractivity contribution is 0.281.